The summed E-state index contributed by atoms with van der Waals surface area (Å²) >= 11 is 0. The second-order valence-corrected chi connectivity index (χ2v) is 17.3. The van der Waals surface area contributed by atoms with Crippen molar-refractivity contribution in [2.75, 3.05) is 9.80 Å². The van der Waals surface area contributed by atoms with E-state index in [0.29, 0.717) is 5.92 Å². The number of fused-ring (bicyclic) bond motifs is 1. The molecule has 2 nitrogen and oxygen atoms in total. The van der Waals surface area contributed by atoms with E-state index in [0.717, 1.165) is 51.7 Å². The lowest BCUT2D eigenvalue weighted by molar-refractivity contribution is 0.590. The van der Waals surface area contributed by atoms with Gasteiger partial charge in [0, 0.05) is 44.6 Å². The highest BCUT2D eigenvalue weighted by Gasteiger charge is 2.28. The maximum absolute atomic E-state index is 4.56. The van der Waals surface area contributed by atoms with Crippen LogP contribution in [0.15, 0.2) is 128 Å². The van der Waals surface area contributed by atoms with Crippen molar-refractivity contribution in [2.24, 2.45) is 0 Å². The lowest BCUT2D eigenvalue weighted by atomic mass is 9.86. The first-order valence-electron chi connectivity index (χ1n) is 20.0. The molecule has 0 aromatic heterocycles. The minimum Gasteiger partial charge on any atom is -0.309 e. The summed E-state index contributed by atoms with van der Waals surface area (Å²) in [5.41, 5.74) is 15.4. The van der Waals surface area contributed by atoms with Crippen LogP contribution in [-0.4, -0.2) is 0 Å². The van der Waals surface area contributed by atoms with Crippen molar-refractivity contribution >= 4 is 57.0 Å². The smallest absolute Gasteiger partial charge is 0.0619 e. The fraction of sp³-hybridized carbons (Fsp3) is 0.283. The van der Waals surface area contributed by atoms with Gasteiger partial charge in [0.05, 0.1) is 11.4 Å². The first kappa shape index (κ1) is 39.4. The Labute approximate surface area is 331 Å². The number of benzene rings is 6. The maximum Gasteiger partial charge on any atom is 0.0619 e. The van der Waals surface area contributed by atoms with Gasteiger partial charge in [-0.1, -0.05) is 152 Å². The molecular weight excluding hydrogens is 665 g/mol. The van der Waals surface area contributed by atoms with Crippen LogP contribution in [0.25, 0.3) is 22.9 Å². The van der Waals surface area contributed by atoms with Gasteiger partial charge in [-0.15, -0.1) is 0 Å². The van der Waals surface area contributed by atoms with Crippen LogP contribution in [0.2, 0.25) is 0 Å². The summed E-state index contributed by atoms with van der Waals surface area (Å²) in [6, 6.07) is 43.4. The third-order valence-electron chi connectivity index (χ3n) is 11.1. The Morgan fingerprint density at radius 2 is 0.964 bits per heavy atom. The lowest BCUT2D eigenvalue weighted by Gasteiger charge is -2.35. The standard InChI is InChI=1S/C53H60N2/c1-13-16-47-46(15-3)50(54(42-26-17-36(4)18-27-42)44-30-22-40(23-31-44)52(7,8)9)49-35-39(38(6)14-2)21-34-48(49)51(47)55(43-28-19-37(5)20-29-43)45-32-24-41(25-33-45)53(10,11)12/h13,15-35,38H,3,14H2,1-2,4-12H3/b16-13-. The molecule has 0 heterocycles. The Balaban J connectivity index is 1.79. The lowest BCUT2D eigenvalue weighted by Crippen LogP contribution is -2.18. The van der Waals surface area contributed by atoms with E-state index in [1.807, 2.05) is 0 Å². The molecule has 6 rings (SSSR count). The van der Waals surface area contributed by atoms with E-state index in [1.165, 1.54) is 38.6 Å². The molecule has 0 radical (unpaired) electrons. The van der Waals surface area contributed by atoms with Crippen molar-refractivity contribution in [3.05, 3.63) is 167 Å². The highest BCUT2D eigenvalue weighted by atomic mass is 15.2. The maximum atomic E-state index is 4.56. The van der Waals surface area contributed by atoms with Crippen LogP contribution in [0.4, 0.5) is 34.1 Å². The molecule has 0 aliphatic rings. The van der Waals surface area contributed by atoms with Crippen molar-refractivity contribution in [3.8, 4) is 0 Å². The van der Waals surface area contributed by atoms with Gasteiger partial charge >= 0.3 is 0 Å². The number of hydrogen-bond acceptors (Lipinski definition) is 2. The first-order valence-corrected chi connectivity index (χ1v) is 20.0. The predicted octanol–water partition coefficient (Wildman–Crippen LogP) is 16.2. The van der Waals surface area contributed by atoms with Crippen LogP contribution in [0.3, 0.4) is 0 Å². The topological polar surface area (TPSA) is 6.48 Å². The van der Waals surface area contributed by atoms with Crippen LogP contribution in [-0.2, 0) is 10.8 Å². The van der Waals surface area contributed by atoms with E-state index in [1.54, 1.807) is 0 Å². The Hall–Kier alpha value is -5.34. The Kier molecular flexibility index (Phi) is 11.3. The zero-order valence-corrected chi connectivity index (χ0v) is 35.1. The average molecular weight is 725 g/mol. The first-order chi connectivity index (χ1) is 26.2. The number of anilines is 6. The van der Waals surface area contributed by atoms with Crippen molar-refractivity contribution in [1.82, 2.24) is 0 Å². The molecule has 0 fully saturated rings. The van der Waals surface area contributed by atoms with Crippen LogP contribution in [0.5, 0.6) is 0 Å². The zero-order chi connectivity index (χ0) is 39.7. The molecule has 2 heteroatoms. The molecule has 282 valence electrons. The van der Waals surface area contributed by atoms with Crippen LogP contribution in [0.1, 0.15) is 114 Å². The van der Waals surface area contributed by atoms with Crippen LogP contribution in [0, 0.1) is 13.8 Å². The number of allylic oxidation sites excluding steroid dienone is 1. The molecule has 6 aromatic carbocycles. The van der Waals surface area contributed by atoms with E-state index in [4.69, 9.17) is 0 Å². The largest absolute Gasteiger partial charge is 0.309 e. The molecule has 0 aliphatic heterocycles. The molecule has 55 heavy (non-hydrogen) atoms. The molecule has 0 spiro atoms. The number of nitrogens with zero attached hydrogens (tertiary/aromatic N) is 2. The monoisotopic (exact) mass is 724 g/mol. The van der Waals surface area contributed by atoms with E-state index >= 15 is 0 Å². The highest BCUT2D eigenvalue weighted by molar-refractivity contribution is 6.14. The van der Waals surface area contributed by atoms with Gasteiger partial charge in [-0.05, 0) is 115 Å². The van der Waals surface area contributed by atoms with Gasteiger partial charge in [0.1, 0.15) is 0 Å². The van der Waals surface area contributed by atoms with Crippen molar-refractivity contribution in [1.29, 1.82) is 0 Å². The van der Waals surface area contributed by atoms with Crippen LogP contribution >= 0.6 is 0 Å². The van der Waals surface area contributed by atoms with Crippen molar-refractivity contribution in [2.45, 2.75) is 99.3 Å². The molecule has 0 saturated heterocycles. The Bertz CT molecular complexity index is 2290. The van der Waals surface area contributed by atoms with Gasteiger partial charge in [-0.25, -0.2) is 0 Å². The highest BCUT2D eigenvalue weighted by Crippen LogP contribution is 2.51. The zero-order valence-electron chi connectivity index (χ0n) is 35.1. The molecule has 0 saturated carbocycles. The molecular formula is C53H60N2. The molecule has 1 atom stereocenters. The Morgan fingerprint density at radius 3 is 1.33 bits per heavy atom. The summed E-state index contributed by atoms with van der Waals surface area (Å²) in [6.45, 7) is 29.3. The van der Waals surface area contributed by atoms with Gasteiger partial charge in [0.25, 0.3) is 0 Å². The van der Waals surface area contributed by atoms with Gasteiger partial charge in [-0.2, -0.15) is 0 Å². The average Bonchev–Trinajstić information content (AvgIpc) is 3.16. The third kappa shape index (κ3) is 8.06. The van der Waals surface area contributed by atoms with E-state index in [-0.39, 0.29) is 10.8 Å². The third-order valence-corrected chi connectivity index (χ3v) is 11.1. The van der Waals surface area contributed by atoms with E-state index in [2.05, 4.69) is 226 Å². The number of rotatable bonds is 10. The van der Waals surface area contributed by atoms with Gasteiger partial charge < -0.3 is 9.80 Å². The molecule has 0 aliphatic carbocycles. The van der Waals surface area contributed by atoms with Gasteiger partial charge in [-0.3, -0.25) is 0 Å². The summed E-state index contributed by atoms with van der Waals surface area (Å²) < 4.78 is 0. The number of aryl methyl sites for hydroxylation is 2. The normalized spacial score (nSPS) is 12.6. The second kappa shape index (κ2) is 15.8. The van der Waals surface area contributed by atoms with Crippen molar-refractivity contribution < 1.29 is 0 Å². The quantitative estimate of drug-likeness (QED) is 0.139. The molecule has 0 bridgehead atoms. The SMILES string of the molecule is C=Cc1c(/C=C\C)c(N(c2ccc(C)cc2)c2ccc(C(C)(C)C)cc2)c2ccc(C(C)CC)cc2c1N(c1ccc(C)cc1)c1ccc(C(C)(C)C)cc1. The Morgan fingerprint density at radius 1 is 0.564 bits per heavy atom. The molecule has 6 aromatic rings. The summed E-state index contributed by atoms with van der Waals surface area (Å²) in [7, 11) is 0. The fourth-order valence-corrected chi connectivity index (χ4v) is 7.50. The summed E-state index contributed by atoms with van der Waals surface area (Å²) in [5.74, 6) is 0.403. The minimum absolute atomic E-state index is 0.0443. The predicted molar refractivity (Wildman–Crippen MR) is 244 cm³/mol. The summed E-state index contributed by atoms with van der Waals surface area (Å²) in [6.07, 6.45) is 7.58. The second-order valence-electron chi connectivity index (χ2n) is 17.3. The summed E-state index contributed by atoms with van der Waals surface area (Å²) in [4.78, 5) is 4.91. The molecule has 0 N–H and O–H groups in total. The van der Waals surface area contributed by atoms with E-state index < -0.39 is 0 Å². The minimum atomic E-state index is 0.0443. The van der Waals surface area contributed by atoms with Gasteiger partial charge in [0.15, 0.2) is 0 Å². The van der Waals surface area contributed by atoms with E-state index in [9.17, 15) is 0 Å². The van der Waals surface area contributed by atoms with Crippen molar-refractivity contribution in [3.63, 3.8) is 0 Å². The van der Waals surface area contributed by atoms with Gasteiger partial charge in [0.2, 0.25) is 0 Å². The fourth-order valence-electron chi connectivity index (χ4n) is 7.50. The number of hydrogen-bond donors (Lipinski definition) is 0. The van der Waals surface area contributed by atoms with Crippen LogP contribution < -0.4 is 9.80 Å². The summed E-state index contributed by atoms with van der Waals surface area (Å²) in [5, 5.41) is 2.38. The molecule has 1 unspecified atom stereocenters. The molecule has 0 amide bonds.